The normalized spacial score (nSPS) is 11.6. The van der Waals surface area contributed by atoms with Crippen LogP contribution in [0.4, 0.5) is 13.2 Å². The van der Waals surface area contributed by atoms with Gasteiger partial charge in [0.2, 0.25) is 0 Å². The number of hydrogen-bond donors (Lipinski definition) is 0. The Kier molecular flexibility index (Phi) is 4.07. The molecule has 0 saturated carbocycles. The van der Waals surface area contributed by atoms with E-state index in [2.05, 4.69) is 14.8 Å². The molecule has 0 N–H and O–H groups in total. The molecule has 0 radical (unpaired) electrons. The summed E-state index contributed by atoms with van der Waals surface area (Å²) in [4.78, 5) is 15.9. The van der Waals surface area contributed by atoms with E-state index in [-0.39, 0.29) is 16.9 Å². The minimum absolute atomic E-state index is 0.0492. The highest BCUT2D eigenvalue weighted by Gasteiger charge is 2.36. The summed E-state index contributed by atoms with van der Waals surface area (Å²) in [5.74, 6) is -0.261. The number of fused-ring (bicyclic) bond motifs is 1. The van der Waals surface area contributed by atoms with Gasteiger partial charge in [0.25, 0.3) is 0 Å². The first-order valence-electron chi connectivity index (χ1n) is 7.04. The average molecular weight is 351 g/mol. The van der Waals surface area contributed by atoms with Gasteiger partial charge in [-0.3, -0.25) is 0 Å². The highest BCUT2D eigenvalue weighted by molar-refractivity contribution is 5.95. The third-order valence-electron chi connectivity index (χ3n) is 3.55. The fourth-order valence-corrected chi connectivity index (χ4v) is 2.33. The number of esters is 1. The second kappa shape index (κ2) is 6.08. The number of nitrogens with zero attached hydrogens (tertiary/aromatic N) is 3. The van der Waals surface area contributed by atoms with Crippen molar-refractivity contribution in [3.8, 4) is 17.0 Å². The van der Waals surface area contributed by atoms with Crippen molar-refractivity contribution < 1.29 is 27.4 Å². The minimum atomic E-state index is -4.68. The maximum atomic E-state index is 13.4. The quantitative estimate of drug-likeness (QED) is 0.678. The van der Waals surface area contributed by atoms with Gasteiger partial charge in [-0.1, -0.05) is 0 Å². The van der Waals surface area contributed by atoms with E-state index in [1.54, 1.807) is 24.3 Å². The van der Waals surface area contributed by atoms with E-state index >= 15 is 0 Å². The molecule has 6 nitrogen and oxygen atoms in total. The highest BCUT2D eigenvalue weighted by atomic mass is 19.4. The Morgan fingerprint density at radius 3 is 2.40 bits per heavy atom. The van der Waals surface area contributed by atoms with Gasteiger partial charge in [0, 0.05) is 5.56 Å². The van der Waals surface area contributed by atoms with Crippen LogP contribution in [-0.2, 0) is 10.9 Å². The summed E-state index contributed by atoms with van der Waals surface area (Å²) in [5, 5.41) is 3.63. The zero-order valence-electron chi connectivity index (χ0n) is 13.2. The standard InChI is InChI=1S/C16H12F3N3O3/c1-24-10-5-3-9(4-6-10)12-7-13(16(17,18)19)22-14(21-12)11(8-20-22)15(23)25-2/h3-8H,1-2H3. The van der Waals surface area contributed by atoms with Crippen LogP contribution < -0.4 is 4.74 Å². The van der Waals surface area contributed by atoms with Crippen LogP contribution in [0.2, 0.25) is 0 Å². The maximum absolute atomic E-state index is 13.4. The summed E-state index contributed by atoms with van der Waals surface area (Å²) in [6, 6.07) is 7.24. The number of carbonyl (C=O) groups excluding carboxylic acids is 1. The Morgan fingerprint density at radius 2 is 1.84 bits per heavy atom. The van der Waals surface area contributed by atoms with Crippen LogP contribution in [0.15, 0.2) is 36.5 Å². The number of aromatic nitrogens is 3. The molecule has 0 spiro atoms. The average Bonchev–Trinajstić information content (AvgIpc) is 3.03. The van der Waals surface area contributed by atoms with Crippen molar-refractivity contribution in [1.82, 2.24) is 14.6 Å². The minimum Gasteiger partial charge on any atom is -0.497 e. The Morgan fingerprint density at radius 1 is 1.16 bits per heavy atom. The van der Waals surface area contributed by atoms with Crippen LogP contribution in [0.5, 0.6) is 5.75 Å². The molecular weight excluding hydrogens is 339 g/mol. The van der Waals surface area contributed by atoms with Gasteiger partial charge in [-0.05, 0) is 30.3 Å². The van der Waals surface area contributed by atoms with Crippen LogP contribution in [0.1, 0.15) is 16.1 Å². The summed E-state index contributed by atoms with van der Waals surface area (Å²) >= 11 is 0. The van der Waals surface area contributed by atoms with Crippen molar-refractivity contribution >= 4 is 11.6 Å². The molecule has 0 amide bonds. The molecule has 0 aliphatic carbocycles. The van der Waals surface area contributed by atoms with Crippen molar-refractivity contribution in [1.29, 1.82) is 0 Å². The third kappa shape index (κ3) is 3.00. The van der Waals surface area contributed by atoms with Gasteiger partial charge in [-0.2, -0.15) is 18.3 Å². The van der Waals surface area contributed by atoms with Crippen molar-refractivity contribution in [2.45, 2.75) is 6.18 Å². The van der Waals surface area contributed by atoms with E-state index in [1.165, 1.54) is 7.11 Å². The lowest BCUT2D eigenvalue weighted by Gasteiger charge is -2.11. The summed E-state index contributed by atoms with van der Waals surface area (Å²) in [5.41, 5.74) is -0.937. The second-order valence-electron chi connectivity index (χ2n) is 5.04. The molecule has 0 aliphatic rings. The monoisotopic (exact) mass is 351 g/mol. The summed E-state index contributed by atoms with van der Waals surface area (Å²) in [6.45, 7) is 0. The lowest BCUT2D eigenvalue weighted by molar-refractivity contribution is -0.142. The van der Waals surface area contributed by atoms with Gasteiger partial charge < -0.3 is 9.47 Å². The Labute approximate surface area is 139 Å². The molecule has 25 heavy (non-hydrogen) atoms. The number of rotatable bonds is 3. The predicted molar refractivity (Wildman–Crippen MR) is 81.3 cm³/mol. The molecule has 1 aromatic carbocycles. The van der Waals surface area contributed by atoms with E-state index in [0.29, 0.717) is 15.8 Å². The summed E-state index contributed by atoms with van der Waals surface area (Å²) < 4.78 is 50.4. The van der Waals surface area contributed by atoms with E-state index in [1.807, 2.05) is 0 Å². The smallest absolute Gasteiger partial charge is 0.433 e. The first-order chi connectivity index (χ1) is 11.8. The summed E-state index contributed by atoms with van der Waals surface area (Å²) in [7, 11) is 2.61. The van der Waals surface area contributed by atoms with E-state index in [4.69, 9.17) is 4.74 Å². The molecule has 0 atom stereocenters. The fourth-order valence-electron chi connectivity index (χ4n) is 2.33. The Hall–Kier alpha value is -3.10. The van der Waals surface area contributed by atoms with Crippen LogP contribution in [0.25, 0.3) is 16.9 Å². The summed E-state index contributed by atoms with van der Waals surface area (Å²) in [6.07, 6.45) is -3.68. The molecule has 9 heteroatoms. The zero-order valence-corrected chi connectivity index (χ0v) is 13.2. The zero-order chi connectivity index (χ0) is 18.2. The van der Waals surface area contributed by atoms with E-state index < -0.39 is 17.8 Å². The lowest BCUT2D eigenvalue weighted by atomic mass is 10.1. The number of methoxy groups -OCH3 is 2. The van der Waals surface area contributed by atoms with Crippen molar-refractivity contribution in [2.24, 2.45) is 0 Å². The van der Waals surface area contributed by atoms with Crippen LogP contribution in [0, 0.1) is 0 Å². The molecule has 0 fully saturated rings. The number of halogens is 3. The molecule has 0 unspecified atom stereocenters. The van der Waals surface area contributed by atoms with Crippen LogP contribution in [-0.4, -0.2) is 34.8 Å². The van der Waals surface area contributed by atoms with Gasteiger partial charge in [0.05, 0.1) is 26.1 Å². The van der Waals surface area contributed by atoms with Gasteiger partial charge in [-0.25, -0.2) is 14.3 Å². The van der Waals surface area contributed by atoms with Crippen molar-refractivity contribution in [3.05, 3.63) is 47.8 Å². The molecule has 0 aliphatic heterocycles. The number of carbonyl (C=O) groups is 1. The topological polar surface area (TPSA) is 65.7 Å². The highest BCUT2D eigenvalue weighted by Crippen LogP contribution is 2.33. The van der Waals surface area contributed by atoms with Gasteiger partial charge in [-0.15, -0.1) is 0 Å². The van der Waals surface area contributed by atoms with Crippen molar-refractivity contribution in [3.63, 3.8) is 0 Å². The maximum Gasteiger partial charge on any atom is 0.433 e. The van der Waals surface area contributed by atoms with Crippen molar-refractivity contribution in [2.75, 3.05) is 14.2 Å². The van der Waals surface area contributed by atoms with Crippen LogP contribution >= 0.6 is 0 Å². The molecule has 130 valence electrons. The SMILES string of the molecule is COC(=O)c1cnn2c(C(F)(F)F)cc(-c3ccc(OC)cc3)nc12. The lowest BCUT2D eigenvalue weighted by Crippen LogP contribution is -2.14. The first-order valence-corrected chi connectivity index (χ1v) is 7.04. The molecule has 0 saturated heterocycles. The molecule has 3 aromatic rings. The molecule has 3 rings (SSSR count). The van der Waals surface area contributed by atoms with E-state index in [9.17, 15) is 18.0 Å². The number of ether oxygens (including phenoxy) is 2. The largest absolute Gasteiger partial charge is 0.497 e. The first kappa shape index (κ1) is 16.7. The van der Waals surface area contributed by atoms with Crippen LogP contribution in [0.3, 0.4) is 0 Å². The van der Waals surface area contributed by atoms with E-state index in [0.717, 1.165) is 19.4 Å². The molecular formula is C16H12F3N3O3. The Bertz CT molecular complexity index is 933. The number of alkyl halides is 3. The molecule has 2 aromatic heterocycles. The number of hydrogen-bond acceptors (Lipinski definition) is 5. The third-order valence-corrected chi connectivity index (χ3v) is 3.55. The fraction of sp³-hybridized carbons (Fsp3) is 0.188. The van der Waals surface area contributed by atoms with Gasteiger partial charge in [0.1, 0.15) is 11.3 Å². The van der Waals surface area contributed by atoms with Gasteiger partial charge >= 0.3 is 12.1 Å². The molecule has 2 heterocycles. The number of benzene rings is 1. The predicted octanol–water partition coefficient (Wildman–Crippen LogP) is 3.21. The Balaban J connectivity index is 2.26. The van der Waals surface area contributed by atoms with Gasteiger partial charge in [0.15, 0.2) is 11.3 Å². The molecule has 0 bridgehead atoms. The second-order valence-corrected chi connectivity index (χ2v) is 5.04.